The van der Waals surface area contributed by atoms with Crippen LogP contribution in [0.25, 0.3) is 0 Å². The molecule has 3 N–H and O–H groups in total. The molecule has 6 heteroatoms. The lowest BCUT2D eigenvalue weighted by atomic mass is 9.87. The molecule has 146 valence electrons. The Morgan fingerprint density at radius 2 is 2.04 bits per heavy atom. The highest BCUT2D eigenvalue weighted by Crippen LogP contribution is 2.35. The zero-order valence-electron chi connectivity index (χ0n) is 15.8. The van der Waals surface area contributed by atoms with Crippen molar-refractivity contribution in [2.24, 2.45) is 11.8 Å². The van der Waals surface area contributed by atoms with Gasteiger partial charge in [-0.05, 0) is 37.7 Å². The largest absolute Gasteiger partial charge is 0.396 e. The number of aromatic nitrogens is 2. The average molecular weight is 364 g/mol. The van der Waals surface area contributed by atoms with Crippen LogP contribution in [-0.4, -0.2) is 58.7 Å². The first kappa shape index (κ1) is 19.7. The molecule has 0 radical (unpaired) electrons. The number of nitrogens with one attached hydrogen (secondary N) is 1. The molecule has 0 bridgehead atoms. The summed E-state index contributed by atoms with van der Waals surface area (Å²) in [6.45, 7) is 0.632. The molecule has 6 nitrogen and oxygen atoms in total. The minimum Gasteiger partial charge on any atom is -0.396 e. The zero-order valence-corrected chi connectivity index (χ0v) is 15.8. The van der Waals surface area contributed by atoms with Gasteiger partial charge in [0.2, 0.25) is 0 Å². The fraction of sp³-hybridized carbons (Fsp3) is 0.800. The molecule has 0 amide bonds. The lowest BCUT2D eigenvalue weighted by Crippen LogP contribution is -2.43. The van der Waals surface area contributed by atoms with Crippen LogP contribution in [0.4, 0.5) is 0 Å². The highest BCUT2D eigenvalue weighted by Gasteiger charge is 2.42. The van der Waals surface area contributed by atoms with Crippen LogP contribution in [0.1, 0.15) is 50.0 Å². The first-order valence-corrected chi connectivity index (χ1v) is 10.1. The third-order valence-corrected chi connectivity index (χ3v) is 6.06. The number of hydrogen-bond donors (Lipinski definition) is 3. The van der Waals surface area contributed by atoms with Crippen LogP contribution in [0.15, 0.2) is 12.3 Å². The summed E-state index contributed by atoms with van der Waals surface area (Å²) < 4.78 is 5.11. The van der Waals surface area contributed by atoms with Crippen molar-refractivity contribution in [1.29, 1.82) is 0 Å². The Morgan fingerprint density at radius 1 is 1.23 bits per heavy atom. The average Bonchev–Trinajstić information content (AvgIpc) is 2.95. The predicted molar refractivity (Wildman–Crippen MR) is 99.8 cm³/mol. The van der Waals surface area contributed by atoms with Gasteiger partial charge in [-0.1, -0.05) is 19.3 Å². The maximum Gasteiger partial charge on any atom is 0.130 e. The molecule has 0 aliphatic heterocycles. The van der Waals surface area contributed by atoms with E-state index in [0.717, 1.165) is 17.9 Å². The van der Waals surface area contributed by atoms with Crippen molar-refractivity contribution >= 4 is 0 Å². The number of aliphatic hydroxyl groups is 2. The SMILES string of the molecule is COCCc1nccc(CC2C(NC3CCCCC3)CC(O)C2CO)n1. The van der Waals surface area contributed by atoms with E-state index in [1.165, 1.54) is 32.1 Å². The van der Waals surface area contributed by atoms with E-state index in [1.807, 2.05) is 6.07 Å². The Balaban J connectivity index is 1.68. The first-order valence-electron chi connectivity index (χ1n) is 10.1. The van der Waals surface area contributed by atoms with E-state index in [4.69, 9.17) is 4.74 Å². The Kier molecular flexibility index (Phi) is 7.37. The summed E-state index contributed by atoms with van der Waals surface area (Å²) in [5.41, 5.74) is 0.985. The molecule has 0 saturated heterocycles. The normalized spacial score (nSPS) is 30.0. The molecule has 2 fully saturated rings. The second kappa shape index (κ2) is 9.74. The van der Waals surface area contributed by atoms with Gasteiger partial charge in [0.15, 0.2) is 0 Å². The standard InChI is InChI=1S/C20H33N3O3/c1-26-10-8-20-21-9-7-15(23-20)11-16-17(13-24)19(25)12-18(16)22-14-5-3-2-4-6-14/h7,9,14,16-19,22,24-25H,2-6,8,10-13H2,1H3. The summed E-state index contributed by atoms with van der Waals surface area (Å²) in [6.07, 6.45) is 9.88. The second-order valence-corrected chi connectivity index (χ2v) is 7.83. The fourth-order valence-corrected chi connectivity index (χ4v) is 4.62. The van der Waals surface area contributed by atoms with Crippen molar-refractivity contribution in [2.45, 2.75) is 69.6 Å². The molecular weight excluding hydrogens is 330 g/mol. The van der Waals surface area contributed by atoms with Crippen LogP contribution in [0.2, 0.25) is 0 Å². The zero-order chi connectivity index (χ0) is 18.4. The fourth-order valence-electron chi connectivity index (χ4n) is 4.62. The van der Waals surface area contributed by atoms with Crippen LogP contribution in [0.3, 0.4) is 0 Å². The van der Waals surface area contributed by atoms with Gasteiger partial charge in [-0.15, -0.1) is 0 Å². The van der Waals surface area contributed by atoms with E-state index >= 15 is 0 Å². The monoisotopic (exact) mass is 363 g/mol. The molecule has 1 aromatic rings. The lowest BCUT2D eigenvalue weighted by Gasteiger charge is -2.31. The second-order valence-electron chi connectivity index (χ2n) is 7.83. The van der Waals surface area contributed by atoms with Gasteiger partial charge in [0.25, 0.3) is 0 Å². The van der Waals surface area contributed by atoms with E-state index in [1.54, 1.807) is 13.3 Å². The highest BCUT2D eigenvalue weighted by molar-refractivity contribution is 5.08. The number of methoxy groups -OCH3 is 1. The van der Waals surface area contributed by atoms with Crippen LogP contribution in [0.5, 0.6) is 0 Å². The van der Waals surface area contributed by atoms with Crippen LogP contribution in [-0.2, 0) is 17.6 Å². The Hall–Kier alpha value is -1.08. The maximum absolute atomic E-state index is 10.5. The van der Waals surface area contributed by atoms with E-state index < -0.39 is 6.10 Å². The van der Waals surface area contributed by atoms with Crippen molar-refractivity contribution in [3.63, 3.8) is 0 Å². The van der Waals surface area contributed by atoms with Gasteiger partial charge in [0.05, 0.1) is 12.7 Å². The van der Waals surface area contributed by atoms with Crippen molar-refractivity contribution < 1.29 is 14.9 Å². The molecule has 2 aliphatic rings. The van der Waals surface area contributed by atoms with Gasteiger partial charge < -0.3 is 20.3 Å². The molecule has 4 atom stereocenters. The maximum atomic E-state index is 10.5. The van der Waals surface area contributed by atoms with Crippen LogP contribution in [0, 0.1) is 11.8 Å². The highest BCUT2D eigenvalue weighted by atomic mass is 16.5. The molecule has 2 aliphatic carbocycles. The molecule has 1 aromatic heterocycles. The van der Waals surface area contributed by atoms with Gasteiger partial charge in [-0.25, -0.2) is 9.97 Å². The summed E-state index contributed by atoms with van der Waals surface area (Å²) >= 11 is 0. The Labute approximate surface area is 156 Å². The van der Waals surface area contributed by atoms with E-state index in [2.05, 4.69) is 15.3 Å². The lowest BCUT2D eigenvalue weighted by molar-refractivity contribution is 0.0714. The molecule has 2 saturated carbocycles. The summed E-state index contributed by atoms with van der Waals surface area (Å²) in [6, 6.07) is 2.74. The number of rotatable bonds is 8. The smallest absolute Gasteiger partial charge is 0.130 e. The van der Waals surface area contributed by atoms with Gasteiger partial charge in [-0.3, -0.25) is 0 Å². The minimum atomic E-state index is -0.444. The summed E-state index contributed by atoms with van der Waals surface area (Å²) in [7, 11) is 1.68. The predicted octanol–water partition coefficient (Wildman–Crippen LogP) is 1.49. The number of hydrogen-bond acceptors (Lipinski definition) is 6. The molecule has 3 rings (SSSR count). The quantitative estimate of drug-likeness (QED) is 0.649. The van der Waals surface area contributed by atoms with E-state index in [-0.39, 0.29) is 24.5 Å². The van der Waals surface area contributed by atoms with Crippen molar-refractivity contribution in [3.05, 3.63) is 23.8 Å². The third kappa shape index (κ3) is 5.00. The van der Waals surface area contributed by atoms with E-state index in [9.17, 15) is 10.2 Å². The Bertz CT molecular complexity index is 551. The van der Waals surface area contributed by atoms with Gasteiger partial charge in [0, 0.05) is 50.0 Å². The van der Waals surface area contributed by atoms with Gasteiger partial charge in [0.1, 0.15) is 5.82 Å². The van der Waals surface area contributed by atoms with Gasteiger partial charge in [-0.2, -0.15) is 0 Å². The van der Waals surface area contributed by atoms with Crippen LogP contribution >= 0.6 is 0 Å². The van der Waals surface area contributed by atoms with Crippen LogP contribution < -0.4 is 5.32 Å². The molecule has 1 heterocycles. The summed E-state index contributed by atoms with van der Waals surface area (Å²) in [5, 5.41) is 24.1. The van der Waals surface area contributed by atoms with Crippen molar-refractivity contribution in [3.8, 4) is 0 Å². The third-order valence-electron chi connectivity index (χ3n) is 6.06. The first-order chi connectivity index (χ1) is 12.7. The molecule has 4 unspecified atom stereocenters. The molecule has 0 spiro atoms. The minimum absolute atomic E-state index is 0.0241. The Morgan fingerprint density at radius 3 is 2.77 bits per heavy atom. The number of ether oxygens (including phenoxy) is 1. The summed E-state index contributed by atoms with van der Waals surface area (Å²) in [4.78, 5) is 8.98. The summed E-state index contributed by atoms with van der Waals surface area (Å²) in [5.74, 6) is 0.899. The number of nitrogens with zero attached hydrogens (tertiary/aromatic N) is 2. The van der Waals surface area contributed by atoms with Crippen molar-refractivity contribution in [2.75, 3.05) is 20.3 Å². The molecule has 0 aromatic carbocycles. The molecular formula is C20H33N3O3. The molecule has 26 heavy (non-hydrogen) atoms. The van der Waals surface area contributed by atoms with E-state index in [0.29, 0.717) is 25.5 Å². The number of aliphatic hydroxyl groups excluding tert-OH is 2. The van der Waals surface area contributed by atoms with Crippen molar-refractivity contribution in [1.82, 2.24) is 15.3 Å². The topological polar surface area (TPSA) is 87.5 Å². The van der Waals surface area contributed by atoms with Gasteiger partial charge >= 0.3 is 0 Å².